The van der Waals surface area contributed by atoms with Crippen LogP contribution in [-0.4, -0.2) is 17.5 Å². The number of nitrogens with one attached hydrogen (secondary N) is 1. The van der Waals surface area contributed by atoms with Crippen molar-refractivity contribution in [1.29, 1.82) is 0 Å². The van der Waals surface area contributed by atoms with E-state index >= 15 is 0 Å². The van der Waals surface area contributed by atoms with Gasteiger partial charge in [0.15, 0.2) is 0 Å². The fourth-order valence-corrected chi connectivity index (χ4v) is 1.15. The van der Waals surface area contributed by atoms with E-state index in [4.69, 9.17) is 5.73 Å². The van der Waals surface area contributed by atoms with Crippen molar-refractivity contribution in [3.8, 4) is 0 Å². The maximum absolute atomic E-state index is 10.4. The first-order valence-corrected chi connectivity index (χ1v) is 4.83. The summed E-state index contributed by atoms with van der Waals surface area (Å²) in [6.45, 7) is 2.72. The minimum Gasteiger partial charge on any atom is -0.385 e. The maximum Gasteiger partial charge on any atom is 0.269 e. The number of nitrogens with zero attached hydrogens (tertiary/aromatic N) is 1. The molecular weight excluding hydrogens is 194 g/mol. The molecule has 0 aromatic heterocycles. The third-order valence-electron chi connectivity index (χ3n) is 2.01. The van der Waals surface area contributed by atoms with Gasteiger partial charge in [-0.15, -0.1) is 0 Å². The van der Waals surface area contributed by atoms with E-state index in [0.29, 0.717) is 0 Å². The Balaban J connectivity index is 2.46. The summed E-state index contributed by atoms with van der Waals surface area (Å²) >= 11 is 0. The van der Waals surface area contributed by atoms with Gasteiger partial charge in [-0.2, -0.15) is 0 Å². The number of hydrogen-bond donors (Lipinski definition) is 2. The molecule has 0 spiro atoms. The number of nitro groups is 1. The molecule has 1 rings (SSSR count). The first-order chi connectivity index (χ1) is 7.09. The number of benzene rings is 1. The lowest BCUT2D eigenvalue weighted by Crippen LogP contribution is -2.19. The quantitative estimate of drug-likeness (QED) is 0.571. The molecule has 0 aliphatic carbocycles. The summed E-state index contributed by atoms with van der Waals surface area (Å²) in [6.07, 6.45) is 0.872. The molecule has 0 saturated carbocycles. The molecule has 0 aliphatic rings. The summed E-state index contributed by atoms with van der Waals surface area (Å²) < 4.78 is 0. The van der Waals surface area contributed by atoms with Gasteiger partial charge in [-0.3, -0.25) is 10.1 Å². The van der Waals surface area contributed by atoms with Crippen molar-refractivity contribution in [3.63, 3.8) is 0 Å². The smallest absolute Gasteiger partial charge is 0.269 e. The van der Waals surface area contributed by atoms with Crippen molar-refractivity contribution in [1.82, 2.24) is 0 Å². The van der Waals surface area contributed by atoms with Gasteiger partial charge in [0.25, 0.3) is 5.69 Å². The minimum absolute atomic E-state index is 0.104. The minimum atomic E-state index is -0.411. The molecule has 3 N–H and O–H groups in total. The van der Waals surface area contributed by atoms with Crippen LogP contribution in [0.3, 0.4) is 0 Å². The SMILES string of the molecule is CC(N)CCNc1ccc([N+](=O)[O-])cc1. The number of anilines is 1. The van der Waals surface area contributed by atoms with Crippen LogP contribution in [0.2, 0.25) is 0 Å². The van der Waals surface area contributed by atoms with Crippen LogP contribution < -0.4 is 11.1 Å². The van der Waals surface area contributed by atoms with Gasteiger partial charge in [-0.05, 0) is 25.5 Å². The second kappa shape index (κ2) is 5.31. The van der Waals surface area contributed by atoms with E-state index in [1.165, 1.54) is 12.1 Å². The van der Waals surface area contributed by atoms with E-state index in [-0.39, 0.29) is 11.7 Å². The summed E-state index contributed by atoms with van der Waals surface area (Å²) in [4.78, 5) is 9.97. The Labute approximate surface area is 88.4 Å². The molecule has 5 nitrogen and oxygen atoms in total. The van der Waals surface area contributed by atoms with Crippen LogP contribution >= 0.6 is 0 Å². The fraction of sp³-hybridized carbons (Fsp3) is 0.400. The van der Waals surface area contributed by atoms with E-state index in [1.54, 1.807) is 12.1 Å². The maximum atomic E-state index is 10.4. The standard InChI is InChI=1S/C10H15N3O2/c1-8(11)6-7-12-9-2-4-10(5-3-9)13(14)15/h2-5,8,12H,6-7,11H2,1H3. The highest BCUT2D eigenvalue weighted by Gasteiger charge is 2.03. The summed E-state index contributed by atoms with van der Waals surface area (Å²) in [5, 5.41) is 13.5. The predicted molar refractivity (Wildman–Crippen MR) is 59.9 cm³/mol. The van der Waals surface area contributed by atoms with Crippen molar-refractivity contribution in [3.05, 3.63) is 34.4 Å². The normalized spacial score (nSPS) is 12.1. The summed E-state index contributed by atoms with van der Waals surface area (Å²) in [7, 11) is 0. The lowest BCUT2D eigenvalue weighted by molar-refractivity contribution is -0.384. The first-order valence-electron chi connectivity index (χ1n) is 4.83. The molecule has 82 valence electrons. The molecule has 0 heterocycles. The van der Waals surface area contributed by atoms with E-state index in [1.807, 2.05) is 6.92 Å². The molecule has 0 amide bonds. The number of non-ortho nitro benzene ring substituents is 1. The Morgan fingerprint density at radius 3 is 2.53 bits per heavy atom. The zero-order valence-corrected chi connectivity index (χ0v) is 8.64. The van der Waals surface area contributed by atoms with E-state index in [9.17, 15) is 10.1 Å². The molecule has 5 heteroatoms. The van der Waals surface area contributed by atoms with Crippen molar-refractivity contribution < 1.29 is 4.92 Å². The van der Waals surface area contributed by atoms with Crippen LogP contribution in [0.15, 0.2) is 24.3 Å². The van der Waals surface area contributed by atoms with Gasteiger partial charge in [0.05, 0.1) is 4.92 Å². The molecule has 0 bridgehead atoms. The van der Waals surface area contributed by atoms with E-state index < -0.39 is 4.92 Å². The molecule has 1 aromatic rings. The molecule has 1 aromatic carbocycles. The Morgan fingerprint density at radius 1 is 1.47 bits per heavy atom. The van der Waals surface area contributed by atoms with Gasteiger partial charge < -0.3 is 11.1 Å². The van der Waals surface area contributed by atoms with Crippen LogP contribution in [0.4, 0.5) is 11.4 Å². The molecule has 1 unspecified atom stereocenters. The third-order valence-corrected chi connectivity index (χ3v) is 2.01. The number of hydrogen-bond acceptors (Lipinski definition) is 4. The zero-order chi connectivity index (χ0) is 11.3. The van der Waals surface area contributed by atoms with Gasteiger partial charge in [0, 0.05) is 30.4 Å². The number of nitro benzene ring substituents is 1. The predicted octanol–water partition coefficient (Wildman–Crippen LogP) is 1.74. The van der Waals surface area contributed by atoms with Crippen LogP contribution in [0.1, 0.15) is 13.3 Å². The number of rotatable bonds is 5. The molecule has 0 aliphatic heterocycles. The largest absolute Gasteiger partial charge is 0.385 e. The average Bonchev–Trinajstić information content (AvgIpc) is 2.18. The van der Waals surface area contributed by atoms with E-state index in [0.717, 1.165) is 18.7 Å². The van der Waals surface area contributed by atoms with Gasteiger partial charge in [-0.25, -0.2) is 0 Å². The fourth-order valence-electron chi connectivity index (χ4n) is 1.15. The Morgan fingerprint density at radius 2 is 2.07 bits per heavy atom. The second-order valence-electron chi connectivity index (χ2n) is 3.50. The highest BCUT2D eigenvalue weighted by Crippen LogP contribution is 2.15. The average molecular weight is 209 g/mol. The lowest BCUT2D eigenvalue weighted by Gasteiger charge is -2.07. The molecular formula is C10H15N3O2. The second-order valence-corrected chi connectivity index (χ2v) is 3.50. The van der Waals surface area contributed by atoms with Gasteiger partial charge in [-0.1, -0.05) is 0 Å². The molecule has 0 radical (unpaired) electrons. The van der Waals surface area contributed by atoms with Gasteiger partial charge >= 0.3 is 0 Å². The van der Waals surface area contributed by atoms with E-state index in [2.05, 4.69) is 5.32 Å². The Kier molecular flexibility index (Phi) is 4.05. The monoisotopic (exact) mass is 209 g/mol. The molecule has 0 saturated heterocycles. The summed E-state index contributed by atoms with van der Waals surface area (Å²) in [6, 6.07) is 6.51. The van der Waals surface area contributed by atoms with Crippen LogP contribution in [0, 0.1) is 10.1 Å². The lowest BCUT2D eigenvalue weighted by atomic mass is 10.2. The summed E-state index contributed by atoms with van der Waals surface area (Å²) in [5.41, 5.74) is 6.57. The molecule has 15 heavy (non-hydrogen) atoms. The Hall–Kier alpha value is -1.62. The van der Waals surface area contributed by atoms with Crippen molar-refractivity contribution in [2.75, 3.05) is 11.9 Å². The zero-order valence-electron chi connectivity index (χ0n) is 8.64. The third kappa shape index (κ3) is 3.95. The highest BCUT2D eigenvalue weighted by molar-refractivity contribution is 5.48. The molecule has 1 atom stereocenters. The van der Waals surface area contributed by atoms with Gasteiger partial charge in [0.1, 0.15) is 0 Å². The summed E-state index contributed by atoms with van der Waals surface area (Å²) in [5.74, 6) is 0. The topological polar surface area (TPSA) is 81.2 Å². The van der Waals surface area contributed by atoms with Gasteiger partial charge in [0.2, 0.25) is 0 Å². The van der Waals surface area contributed by atoms with Crippen molar-refractivity contribution in [2.24, 2.45) is 5.73 Å². The van der Waals surface area contributed by atoms with Crippen LogP contribution in [0.5, 0.6) is 0 Å². The van der Waals surface area contributed by atoms with Crippen molar-refractivity contribution >= 4 is 11.4 Å². The highest BCUT2D eigenvalue weighted by atomic mass is 16.6. The van der Waals surface area contributed by atoms with Crippen LogP contribution in [-0.2, 0) is 0 Å². The Bertz CT molecular complexity index is 322. The first kappa shape index (κ1) is 11.5. The van der Waals surface area contributed by atoms with Crippen LogP contribution in [0.25, 0.3) is 0 Å². The molecule has 0 fully saturated rings. The number of nitrogens with two attached hydrogens (primary N) is 1. The van der Waals surface area contributed by atoms with Crippen molar-refractivity contribution in [2.45, 2.75) is 19.4 Å².